The fraction of sp³-hybridized carbons (Fsp3) is 0.308. The first-order valence-corrected chi connectivity index (χ1v) is 6.01. The molecule has 2 fully saturated rings. The number of amides is 3. The van der Waals surface area contributed by atoms with Crippen LogP contribution in [0.25, 0.3) is 0 Å². The van der Waals surface area contributed by atoms with Gasteiger partial charge in [-0.2, -0.15) is 0 Å². The lowest BCUT2D eigenvalue weighted by molar-refractivity contribution is -0.141. The van der Waals surface area contributed by atoms with Gasteiger partial charge in [-0.05, 0) is 12.1 Å². The summed E-state index contributed by atoms with van der Waals surface area (Å²) in [4.78, 5) is 37.7. The fourth-order valence-corrected chi connectivity index (χ4v) is 2.71. The number of fused-ring (bicyclic) bond motifs is 2. The standard InChI is InChI=1S/C13H12N2O4/c16-11(8-4-2-1-3-5-8)15-9-6-10(12(17)18)14(7-9)13(15)19/h1-5,9-10H,6-7H2,(H,17,18)/t9-,10-/m1/s1. The quantitative estimate of drug-likeness (QED) is 0.852. The molecule has 2 aliphatic heterocycles. The summed E-state index contributed by atoms with van der Waals surface area (Å²) in [5.74, 6) is -1.37. The van der Waals surface area contributed by atoms with E-state index in [-0.39, 0.29) is 11.9 Å². The normalized spacial score (nSPS) is 24.9. The third-order valence-corrected chi connectivity index (χ3v) is 3.62. The summed E-state index contributed by atoms with van der Waals surface area (Å²) in [5, 5.41) is 9.00. The molecule has 1 aromatic carbocycles. The number of hydrogen-bond donors (Lipinski definition) is 1. The van der Waals surface area contributed by atoms with E-state index in [1.54, 1.807) is 30.3 Å². The lowest BCUT2D eigenvalue weighted by Crippen LogP contribution is -2.50. The molecule has 3 rings (SSSR count). The van der Waals surface area contributed by atoms with Crippen LogP contribution in [0.1, 0.15) is 16.8 Å². The average molecular weight is 260 g/mol. The van der Waals surface area contributed by atoms with Crippen molar-refractivity contribution in [2.45, 2.75) is 18.5 Å². The molecular formula is C13H12N2O4. The van der Waals surface area contributed by atoms with E-state index in [1.807, 2.05) is 0 Å². The second-order valence-electron chi connectivity index (χ2n) is 4.72. The minimum Gasteiger partial charge on any atom is -0.480 e. The first kappa shape index (κ1) is 11.7. The molecule has 6 heteroatoms. The van der Waals surface area contributed by atoms with E-state index in [0.717, 1.165) is 0 Å². The van der Waals surface area contributed by atoms with Crippen LogP contribution >= 0.6 is 0 Å². The highest BCUT2D eigenvalue weighted by Gasteiger charge is 2.53. The SMILES string of the molecule is O=C(O)[C@H]1C[C@@H]2CN1C(=O)N2C(=O)c1ccccc1. The fourth-order valence-electron chi connectivity index (χ4n) is 2.71. The predicted molar refractivity (Wildman–Crippen MR) is 64.5 cm³/mol. The molecule has 2 heterocycles. The number of imide groups is 1. The molecule has 0 saturated carbocycles. The molecule has 0 unspecified atom stereocenters. The Kier molecular flexibility index (Phi) is 2.51. The molecule has 2 aliphatic rings. The zero-order valence-electron chi connectivity index (χ0n) is 10.0. The molecule has 0 spiro atoms. The maximum absolute atomic E-state index is 12.3. The number of aliphatic carboxylic acids is 1. The van der Waals surface area contributed by atoms with Gasteiger partial charge in [-0.1, -0.05) is 18.2 Å². The molecule has 0 radical (unpaired) electrons. The van der Waals surface area contributed by atoms with Crippen LogP contribution in [0.2, 0.25) is 0 Å². The van der Waals surface area contributed by atoms with Crippen molar-refractivity contribution in [1.29, 1.82) is 0 Å². The zero-order chi connectivity index (χ0) is 13.6. The summed E-state index contributed by atoms with van der Waals surface area (Å²) in [6.45, 7) is 0.314. The van der Waals surface area contributed by atoms with E-state index >= 15 is 0 Å². The van der Waals surface area contributed by atoms with Crippen LogP contribution in [0.15, 0.2) is 30.3 Å². The number of urea groups is 1. The number of hydrogen-bond acceptors (Lipinski definition) is 3. The van der Waals surface area contributed by atoms with Gasteiger partial charge in [0.2, 0.25) is 0 Å². The van der Waals surface area contributed by atoms with Gasteiger partial charge in [0.05, 0.1) is 6.04 Å². The van der Waals surface area contributed by atoms with Gasteiger partial charge in [0.15, 0.2) is 0 Å². The molecule has 0 aromatic heterocycles. The van der Waals surface area contributed by atoms with Crippen LogP contribution in [0.4, 0.5) is 4.79 Å². The molecule has 2 saturated heterocycles. The Morgan fingerprint density at radius 3 is 2.47 bits per heavy atom. The molecule has 0 aliphatic carbocycles. The minimum atomic E-state index is -1.01. The summed E-state index contributed by atoms with van der Waals surface area (Å²) in [5.41, 5.74) is 0.441. The van der Waals surface area contributed by atoms with Crippen molar-refractivity contribution in [2.24, 2.45) is 0 Å². The van der Waals surface area contributed by atoms with E-state index < -0.39 is 18.0 Å². The van der Waals surface area contributed by atoms with Crippen molar-refractivity contribution in [1.82, 2.24) is 9.80 Å². The van der Waals surface area contributed by atoms with E-state index in [2.05, 4.69) is 0 Å². The maximum Gasteiger partial charge on any atom is 0.328 e. The summed E-state index contributed by atoms with van der Waals surface area (Å²) in [6, 6.07) is 6.91. The predicted octanol–water partition coefficient (Wildman–Crippen LogP) is 0.790. The van der Waals surface area contributed by atoms with E-state index in [9.17, 15) is 14.4 Å². The molecule has 6 nitrogen and oxygen atoms in total. The van der Waals surface area contributed by atoms with Crippen molar-refractivity contribution in [3.8, 4) is 0 Å². The zero-order valence-corrected chi connectivity index (χ0v) is 10.0. The number of carbonyl (C=O) groups is 3. The van der Waals surface area contributed by atoms with Gasteiger partial charge < -0.3 is 10.0 Å². The highest BCUT2D eigenvalue weighted by Crippen LogP contribution is 2.32. The number of carbonyl (C=O) groups excluding carboxylic acids is 2. The minimum absolute atomic E-state index is 0.305. The van der Waals surface area contributed by atoms with Crippen LogP contribution in [-0.2, 0) is 4.79 Å². The van der Waals surface area contributed by atoms with Crippen molar-refractivity contribution >= 4 is 17.9 Å². The van der Waals surface area contributed by atoms with Gasteiger partial charge >= 0.3 is 12.0 Å². The number of carboxylic acid groups (broad SMARTS) is 1. The van der Waals surface area contributed by atoms with Gasteiger partial charge in [0.1, 0.15) is 6.04 Å². The molecular weight excluding hydrogens is 248 g/mol. The third-order valence-electron chi connectivity index (χ3n) is 3.62. The Morgan fingerprint density at radius 1 is 1.21 bits per heavy atom. The monoisotopic (exact) mass is 260 g/mol. The topological polar surface area (TPSA) is 77.9 Å². The summed E-state index contributed by atoms with van der Waals surface area (Å²) < 4.78 is 0. The van der Waals surface area contributed by atoms with Gasteiger partial charge in [-0.15, -0.1) is 0 Å². The smallest absolute Gasteiger partial charge is 0.328 e. The van der Waals surface area contributed by atoms with Crippen LogP contribution in [-0.4, -0.2) is 51.4 Å². The highest BCUT2D eigenvalue weighted by atomic mass is 16.4. The number of rotatable bonds is 2. The number of nitrogens with zero attached hydrogens (tertiary/aromatic N) is 2. The molecule has 1 N–H and O–H groups in total. The molecule has 2 atom stereocenters. The van der Waals surface area contributed by atoms with Crippen LogP contribution < -0.4 is 0 Å². The van der Waals surface area contributed by atoms with Crippen molar-refractivity contribution in [2.75, 3.05) is 6.54 Å². The van der Waals surface area contributed by atoms with Gasteiger partial charge in [-0.3, -0.25) is 9.69 Å². The summed E-state index contributed by atoms with van der Waals surface area (Å²) in [6.07, 6.45) is 0.305. The lowest BCUT2D eigenvalue weighted by atomic mass is 10.1. The van der Waals surface area contributed by atoms with Gasteiger partial charge in [0, 0.05) is 18.5 Å². The Balaban J connectivity index is 1.85. The Morgan fingerprint density at radius 2 is 1.89 bits per heavy atom. The average Bonchev–Trinajstić information content (AvgIpc) is 2.97. The number of carboxylic acids is 1. The molecule has 3 amide bonds. The van der Waals surface area contributed by atoms with Crippen LogP contribution in [0.3, 0.4) is 0 Å². The summed E-state index contributed by atoms with van der Waals surface area (Å²) in [7, 11) is 0. The van der Waals surface area contributed by atoms with E-state index in [1.165, 1.54) is 9.80 Å². The van der Waals surface area contributed by atoms with Crippen molar-refractivity contribution in [3.05, 3.63) is 35.9 Å². The largest absolute Gasteiger partial charge is 0.480 e. The highest BCUT2D eigenvalue weighted by molar-refractivity contribution is 6.06. The van der Waals surface area contributed by atoms with Crippen molar-refractivity contribution < 1.29 is 19.5 Å². The Bertz CT molecular complexity index is 557. The first-order valence-electron chi connectivity index (χ1n) is 6.01. The van der Waals surface area contributed by atoms with E-state index in [0.29, 0.717) is 18.5 Å². The molecule has 19 heavy (non-hydrogen) atoms. The first-order chi connectivity index (χ1) is 9.09. The maximum atomic E-state index is 12.3. The van der Waals surface area contributed by atoms with Crippen molar-refractivity contribution in [3.63, 3.8) is 0 Å². The van der Waals surface area contributed by atoms with Crippen LogP contribution in [0.5, 0.6) is 0 Å². The van der Waals surface area contributed by atoms with Gasteiger partial charge in [-0.25, -0.2) is 9.59 Å². The second kappa shape index (κ2) is 4.08. The second-order valence-corrected chi connectivity index (χ2v) is 4.72. The van der Waals surface area contributed by atoms with E-state index in [4.69, 9.17) is 5.11 Å². The molecule has 1 aromatic rings. The lowest BCUT2D eigenvalue weighted by Gasteiger charge is -2.28. The number of benzene rings is 1. The molecule has 98 valence electrons. The Labute approximate surface area is 109 Å². The van der Waals surface area contributed by atoms with Gasteiger partial charge in [0.25, 0.3) is 5.91 Å². The van der Waals surface area contributed by atoms with Crippen LogP contribution in [0, 0.1) is 0 Å². The summed E-state index contributed by atoms with van der Waals surface area (Å²) >= 11 is 0. The molecule has 2 bridgehead atoms. The Hall–Kier alpha value is -2.37. The third kappa shape index (κ3) is 1.68.